The quantitative estimate of drug-likeness (QED) is 0.188. The van der Waals surface area contributed by atoms with Gasteiger partial charge in [-0.15, -0.1) is 6.58 Å². The van der Waals surface area contributed by atoms with Crippen LogP contribution in [0, 0.1) is 0 Å². The molecule has 1 nitrogen and oxygen atoms in total. The zero-order valence-corrected chi connectivity index (χ0v) is 8.56. The zero-order valence-electron chi connectivity index (χ0n) is 8.56. The van der Waals surface area contributed by atoms with E-state index >= 15 is 0 Å². The molecule has 0 bridgehead atoms. The Hall–Kier alpha value is -1.37. The van der Waals surface area contributed by atoms with Gasteiger partial charge in [0.1, 0.15) is 6.29 Å². The number of carbonyl (C=O) groups excluding carboxylic acids is 1. The number of rotatable bonds is 8. The molecule has 0 atom stereocenters. The lowest BCUT2D eigenvalue weighted by molar-refractivity contribution is -0.104. The Morgan fingerprint density at radius 1 is 0.929 bits per heavy atom. The minimum absolute atomic E-state index is 0.773. The van der Waals surface area contributed by atoms with Crippen LogP contribution in [0.15, 0.2) is 49.1 Å². The van der Waals surface area contributed by atoms with Crippen LogP contribution in [0.4, 0.5) is 0 Å². The van der Waals surface area contributed by atoms with Gasteiger partial charge >= 0.3 is 0 Å². The fourth-order valence-electron chi connectivity index (χ4n) is 0.939. The highest BCUT2D eigenvalue weighted by molar-refractivity contribution is 5.65. The first-order valence-corrected chi connectivity index (χ1v) is 4.94. The van der Waals surface area contributed by atoms with Crippen molar-refractivity contribution in [2.75, 3.05) is 0 Å². The molecular weight excluding hydrogens is 172 g/mol. The van der Waals surface area contributed by atoms with E-state index in [1.807, 2.05) is 18.2 Å². The van der Waals surface area contributed by atoms with Crippen molar-refractivity contribution in [3.8, 4) is 0 Å². The van der Waals surface area contributed by atoms with Gasteiger partial charge in [0, 0.05) is 0 Å². The molecule has 76 valence electrons. The summed E-state index contributed by atoms with van der Waals surface area (Å²) in [5, 5.41) is 0. The molecule has 0 unspecified atom stereocenters. The third-order valence-corrected chi connectivity index (χ3v) is 1.65. The molecule has 0 aromatic rings. The summed E-state index contributed by atoms with van der Waals surface area (Å²) in [6.45, 7) is 3.67. The number of allylic oxidation sites excluding steroid dienone is 7. The summed E-state index contributed by atoms with van der Waals surface area (Å²) in [6, 6.07) is 0. The highest BCUT2D eigenvalue weighted by Crippen LogP contribution is 1.97. The standard InChI is InChI=1S/C13H18O/c1-2-3-4-5-6-7-8-9-10-11-12-13-14/h2,6-7,9-13H,1,3-5,8H2/b7-6-,10-9-,12-11+. The zero-order chi connectivity index (χ0) is 10.5. The van der Waals surface area contributed by atoms with Gasteiger partial charge in [-0.1, -0.05) is 36.5 Å². The molecule has 14 heavy (non-hydrogen) atoms. The van der Waals surface area contributed by atoms with Gasteiger partial charge in [-0.25, -0.2) is 0 Å². The lowest BCUT2D eigenvalue weighted by Crippen LogP contribution is -1.67. The third-order valence-electron chi connectivity index (χ3n) is 1.65. The molecule has 1 heteroatoms. The molecular formula is C13H18O. The lowest BCUT2D eigenvalue weighted by atomic mass is 10.2. The Balaban J connectivity index is 3.33. The number of aldehydes is 1. The Labute approximate surface area is 86.5 Å². The normalized spacial score (nSPS) is 11.7. The van der Waals surface area contributed by atoms with Gasteiger partial charge < -0.3 is 0 Å². The van der Waals surface area contributed by atoms with Crippen LogP contribution < -0.4 is 0 Å². The molecule has 0 heterocycles. The minimum atomic E-state index is 0.773. The second kappa shape index (κ2) is 11.6. The van der Waals surface area contributed by atoms with E-state index in [9.17, 15) is 4.79 Å². The minimum Gasteiger partial charge on any atom is -0.299 e. The summed E-state index contributed by atoms with van der Waals surface area (Å²) < 4.78 is 0. The second-order valence-corrected chi connectivity index (χ2v) is 2.88. The third kappa shape index (κ3) is 10.6. The van der Waals surface area contributed by atoms with Crippen molar-refractivity contribution in [2.24, 2.45) is 0 Å². The summed E-state index contributed by atoms with van der Waals surface area (Å²) >= 11 is 0. The summed E-state index contributed by atoms with van der Waals surface area (Å²) in [7, 11) is 0. The van der Waals surface area contributed by atoms with E-state index in [0.717, 1.165) is 25.5 Å². The first kappa shape index (κ1) is 12.6. The van der Waals surface area contributed by atoms with E-state index in [2.05, 4.69) is 18.7 Å². The van der Waals surface area contributed by atoms with E-state index in [1.165, 1.54) is 12.5 Å². The SMILES string of the molecule is C=CCCC/C=C\C/C=C\C=C\C=O. The molecule has 0 amide bonds. The fraction of sp³-hybridized carbons (Fsp3) is 0.308. The van der Waals surface area contributed by atoms with Gasteiger partial charge in [0.05, 0.1) is 0 Å². The largest absolute Gasteiger partial charge is 0.299 e. The van der Waals surface area contributed by atoms with Gasteiger partial charge in [-0.05, 0) is 31.8 Å². The van der Waals surface area contributed by atoms with Crippen LogP contribution in [-0.2, 0) is 4.79 Å². The molecule has 0 saturated carbocycles. The van der Waals surface area contributed by atoms with Crippen molar-refractivity contribution in [2.45, 2.75) is 25.7 Å². The van der Waals surface area contributed by atoms with E-state index in [-0.39, 0.29) is 0 Å². The average Bonchev–Trinajstić information content (AvgIpc) is 2.21. The van der Waals surface area contributed by atoms with Crippen molar-refractivity contribution in [1.82, 2.24) is 0 Å². The number of hydrogen-bond donors (Lipinski definition) is 0. The van der Waals surface area contributed by atoms with Crippen molar-refractivity contribution in [1.29, 1.82) is 0 Å². The first-order chi connectivity index (χ1) is 6.91. The average molecular weight is 190 g/mol. The highest BCUT2D eigenvalue weighted by Gasteiger charge is 1.77. The van der Waals surface area contributed by atoms with E-state index in [1.54, 1.807) is 6.08 Å². The van der Waals surface area contributed by atoms with E-state index < -0.39 is 0 Å². The monoisotopic (exact) mass is 190 g/mol. The summed E-state index contributed by atoms with van der Waals surface area (Å²) in [5.41, 5.74) is 0. The molecule has 0 radical (unpaired) electrons. The van der Waals surface area contributed by atoms with Crippen LogP contribution in [0.25, 0.3) is 0 Å². The maximum atomic E-state index is 9.90. The maximum absolute atomic E-state index is 9.90. The molecule has 0 aliphatic heterocycles. The van der Waals surface area contributed by atoms with Crippen molar-refractivity contribution >= 4 is 6.29 Å². The molecule has 0 aromatic heterocycles. The van der Waals surface area contributed by atoms with Crippen molar-refractivity contribution < 1.29 is 4.79 Å². The lowest BCUT2D eigenvalue weighted by Gasteiger charge is -1.87. The number of carbonyl (C=O) groups is 1. The molecule has 0 fully saturated rings. The van der Waals surface area contributed by atoms with Crippen LogP contribution in [0.1, 0.15) is 25.7 Å². The number of unbranched alkanes of at least 4 members (excludes halogenated alkanes) is 2. The summed E-state index contributed by atoms with van der Waals surface area (Å²) in [6.07, 6.45) is 18.4. The predicted octanol–water partition coefficient (Wildman–Crippen LogP) is 3.60. The number of hydrogen-bond acceptors (Lipinski definition) is 1. The molecule has 0 spiro atoms. The Morgan fingerprint density at radius 3 is 2.50 bits per heavy atom. The molecule has 0 aliphatic carbocycles. The van der Waals surface area contributed by atoms with E-state index in [0.29, 0.717) is 0 Å². The molecule has 0 rings (SSSR count). The molecule has 0 N–H and O–H groups in total. The fourth-order valence-corrected chi connectivity index (χ4v) is 0.939. The maximum Gasteiger partial charge on any atom is 0.142 e. The molecule has 0 aromatic carbocycles. The Morgan fingerprint density at radius 2 is 1.79 bits per heavy atom. The van der Waals surface area contributed by atoms with Crippen LogP contribution >= 0.6 is 0 Å². The Kier molecular flexibility index (Phi) is 10.5. The summed E-state index contributed by atoms with van der Waals surface area (Å²) in [5.74, 6) is 0. The van der Waals surface area contributed by atoms with Gasteiger partial charge in [-0.3, -0.25) is 4.79 Å². The Bertz CT molecular complexity index is 221. The molecule has 0 aliphatic rings. The van der Waals surface area contributed by atoms with E-state index in [4.69, 9.17) is 0 Å². The first-order valence-electron chi connectivity index (χ1n) is 4.94. The van der Waals surface area contributed by atoms with Gasteiger partial charge in [0.25, 0.3) is 0 Å². The van der Waals surface area contributed by atoms with Gasteiger partial charge in [0.2, 0.25) is 0 Å². The molecule has 0 saturated heterocycles. The second-order valence-electron chi connectivity index (χ2n) is 2.88. The van der Waals surface area contributed by atoms with Gasteiger partial charge in [0.15, 0.2) is 0 Å². The summed E-state index contributed by atoms with van der Waals surface area (Å²) in [4.78, 5) is 9.90. The highest BCUT2D eigenvalue weighted by atomic mass is 16.1. The van der Waals surface area contributed by atoms with Crippen molar-refractivity contribution in [3.63, 3.8) is 0 Å². The smallest absolute Gasteiger partial charge is 0.142 e. The van der Waals surface area contributed by atoms with Crippen LogP contribution in [0.2, 0.25) is 0 Å². The van der Waals surface area contributed by atoms with Gasteiger partial charge in [-0.2, -0.15) is 0 Å². The van der Waals surface area contributed by atoms with Crippen LogP contribution in [-0.4, -0.2) is 6.29 Å². The predicted molar refractivity (Wildman–Crippen MR) is 62.1 cm³/mol. The van der Waals surface area contributed by atoms with Crippen LogP contribution in [0.3, 0.4) is 0 Å². The topological polar surface area (TPSA) is 17.1 Å². The van der Waals surface area contributed by atoms with Crippen LogP contribution in [0.5, 0.6) is 0 Å². The van der Waals surface area contributed by atoms with Crippen molar-refractivity contribution in [3.05, 3.63) is 49.1 Å².